The predicted molar refractivity (Wildman–Crippen MR) is 103 cm³/mol. The second-order valence-electron chi connectivity index (χ2n) is 5.55. The minimum Gasteiger partial charge on any atom is -0.480 e. The highest BCUT2D eigenvalue weighted by Gasteiger charge is 2.09. The van der Waals surface area contributed by atoms with Gasteiger partial charge in [-0.2, -0.15) is 10.5 Å². The maximum atomic E-state index is 9.65. The summed E-state index contributed by atoms with van der Waals surface area (Å²) < 4.78 is 5.68. The SMILES string of the molecule is C#CCOc1ccc2ccccc2c1/C=C(\C#N)c1ccc(C#N)cc1. The number of terminal acetylenes is 1. The largest absolute Gasteiger partial charge is 0.480 e. The Morgan fingerprint density at radius 2 is 1.77 bits per heavy atom. The van der Waals surface area contributed by atoms with E-state index < -0.39 is 0 Å². The maximum absolute atomic E-state index is 9.65. The van der Waals surface area contributed by atoms with E-state index in [4.69, 9.17) is 16.4 Å². The van der Waals surface area contributed by atoms with Crippen LogP contribution < -0.4 is 4.74 Å². The van der Waals surface area contributed by atoms with Gasteiger partial charge in [-0.3, -0.25) is 0 Å². The van der Waals surface area contributed by atoms with Gasteiger partial charge in [-0.1, -0.05) is 48.4 Å². The van der Waals surface area contributed by atoms with Gasteiger partial charge in [-0.25, -0.2) is 0 Å². The molecule has 122 valence electrons. The van der Waals surface area contributed by atoms with Crippen molar-refractivity contribution in [3.05, 3.63) is 77.4 Å². The quantitative estimate of drug-likeness (QED) is 0.392. The summed E-state index contributed by atoms with van der Waals surface area (Å²) in [4.78, 5) is 0. The highest BCUT2D eigenvalue weighted by Crippen LogP contribution is 2.32. The summed E-state index contributed by atoms with van der Waals surface area (Å²) in [6.45, 7) is 0.151. The fraction of sp³-hybridized carbons (Fsp3) is 0.0435. The number of nitriles is 2. The van der Waals surface area contributed by atoms with Gasteiger partial charge >= 0.3 is 0 Å². The molecule has 3 nitrogen and oxygen atoms in total. The summed E-state index contributed by atoms with van der Waals surface area (Å²) in [6, 6.07) is 22.9. The molecule has 3 aromatic rings. The van der Waals surface area contributed by atoms with Gasteiger partial charge in [0.25, 0.3) is 0 Å². The molecule has 0 saturated heterocycles. The van der Waals surface area contributed by atoms with Gasteiger partial charge in [0.15, 0.2) is 0 Å². The van der Waals surface area contributed by atoms with Crippen molar-refractivity contribution in [3.8, 4) is 30.2 Å². The van der Waals surface area contributed by atoms with Gasteiger partial charge in [-0.05, 0) is 40.6 Å². The third kappa shape index (κ3) is 3.41. The summed E-state index contributed by atoms with van der Waals surface area (Å²) >= 11 is 0. The Hall–Kier alpha value is -4.00. The van der Waals surface area contributed by atoms with E-state index in [0.29, 0.717) is 16.9 Å². The zero-order chi connectivity index (χ0) is 18.4. The number of hydrogen-bond acceptors (Lipinski definition) is 3. The van der Waals surface area contributed by atoms with Crippen LogP contribution in [0, 0.1) is 35.0 Å². The van der Waals surface area contributed by atoms with Gasteiger partial charge in [0.05, 0.1) is 23.3 Å². The molecule has 0 radical (unpaired) electrons. The van der Waals surface area contributed by atoms with Crippen molar-refractivity contribution in [3.63, 3.8) is 0 Å². The van der Waals surface area contributed by atoms with E-state index in [9.17, 15) is 5.26 Å². The molecule has 0 heterocycles. The molecule has 26 heavy (non-hydrogen) atoms. The summed E-state index contributed by atoms with van der Waals surface area (Å²) in [5.41, 5.74) is 2.58. The number of allylic oxidation sites excluding steroid dienone is 1. The molecule has 0 aliphatic heterocycles. The number of ether oxygens (including phenoxy) is 1. The number of benzene rings is 3. The van der Waals surface area contributed by atoms with Crippen molar-refractivity contribution in [1.82, 2.24) is 0 Å². The van der Waals surface area contributed by atoms with Crippen LogP contribution in [-0.2, 0) is 0 Å². The van der Waals surface area contributed by atoms with Crippen LogP contribution in [0.15, 0.2) is 60.7 Å². The van der Waals surface area contributed by atoms with Crippen LogP contribution in [0.3, 0.4) is 0 Å². The smallest absolute Gasteiger partial charge is 0.148 e. The number of fused-ring (bicyclic) bond motifs is 1. The van der Waals surface area contributed by atoms with Gasteiger partial charge in [-0.15, -0.1) is 6.42 Å². The Balaban J connectivity index is 2.17. The van der Waals surface area contributed by atoms with Gasteiger partial charge in [0.2, 0.25) is 0 Å². The molecule has 3 aromatic carbocycles. The molecule has 0 aromatic heterocycles. The summed E-state index contributed by atoms with van der Waals surface area (Å²) in [7, 11) is 0. The summed E-state index contributed by atoms with van der Waals surface area (Å²) in [5.74, 6) is 3.09. The molecule has 0 saturated carbocycles. The Morgan fingerprint density at radius 1 is 1.00 bits per heavy atom. The van der Waals surface area contributed by atoms with E-state index in [1.54, 1.807) is 30.3 Å². The van der Waals surface area contributed by atoms with Crippen LogP contribution in [0.2, 0.25) is 0 Å². The minimum absolute atomic E-state index is 0.151. The monoisotopic (exact) mass is 334 g/mol. The molecule has 0 bridgehead atoms. The zero-order valence-electron chi connectivity index (χ0n) is 13.9. The highest BCUT2D eigenvalue weighted by molar-refractivity contribution is 6.00. The number of hydrogen-bond donors (Lipinski definition) is 0. The van der Waals surface area contributed by atoms with Crippen LogP contribution in [0.25, 0.3) is 22.4 Å². The standard InChI is InChI=1S/C23H14N2O/c1-2-13-26-23-12-11-19-5-3-4-6-21(19)22(23)14-20(16-25)18-9-7-17(15-24)8-10-18/h1,3-12,14H,13H2/b20-14+. The third-order valence-corrected chi connectivity index (χ3v) is 3.98. The molecule has 0 atom stereocenters. The van der Waals surface area contributed by atoms with E-state index in [2.05, 4.69) is 18.1 Å². The Bertz CT molecular complexity index is 1100. The number of nitrogens with zero attached hydrogens (tertiary/aromatic N) is 2. The van der Waals surface area contributed by atoms with E-state index in [-0.39, 0.29) is 6.61 Å². The molecular formula is C23H14N2O. The van der Waals surface area contributed by atoms with Gasteiger partial charge < -0.3 is 4.74 Å². The first-order valence-electron chi connectivity index (χ1n) is 7.97. The molecular weight excluding hydrogens is 320 g/mol. The molecule has 0 N–H and O–H groups in total. The van der Waals surface area contributed by atoms with Crippen LogP contribution >= 0.6 is 0 Å². The second kappa shape index (κ2) is 7.71. The fourth-order valence-corrected chi connectivity index (χ4v) is 2.72. The normalized spacial score (nSPS) is 10.6. The van der Waals surface area contributed by atoms with Crippen molar-refractivity contribution in [1.29, 1.82) is 10.5 Å². The molecule has 3 heteroatoms. The topological polar surface area (TPSA) is 56.8 Å². The number of rotatable bonds is 4. The van der Waals surface area contributed by atoms with Crippen molar-refractivity contribution in [2.24, 2.45) is 0 Å². The fourth-order valence-electron chi connectivity index (χ4n) is 2.72. The lowest BCUT2D eigenvalue weighted by Crippen LogP contribution is -1.96. The van der Waals surface area contributed by atoms with Crippen molar-refractivity contribution in [2.45, 2.75) is 0 Å². The maximum Gasteiger partial charge on any atom is 0.148 e. The zero-order valence-corrected chi connectivity index (χ0v) is 13.9. The first-order chi connectivity index (χ1) is 12.8. The van der Waals surface area contributed by atoms with E-state index >= 15 is 0 Å². The molecule has 0 aliphatic carbocycles. The third-order valence-electron chi connectivity index (χ3n) is 3.98. The van der Waals surface area contributed by atoms with E-state index in [1.807, 2.05) is 36.4 Å². The first kappa shape index (κ1) is 16.8. The molecule has 0 unspecified atom stereocenters. The van der Waals surface area contributed by atoms with E-state index in [0.717, 1.165) is 21.9 Å². The summed E-state index contributed by atoms with van der Waals surface area (Å²) in [5, 5.41) is 20.6. The minimum atomic E-state index is 0.151. The lowest BCUT2D eigenvalue weighted by molar-refractivity contribution is 0.370. The van der Waals surface area contributed by atoms with Crippen molar-refractivity contribution in [2.75, 3.05) is 6.61 Å². The van der Waals surface area contributed by atoms with Crippen molar-refractivity contribution >= 4 is 22.4 Å². The van der Waals surface area contributed by atoms with Crippen LogP contribution in [0.4, 0.5) is 0 Å². The molecule has 3 rings (SSSR count). The Labute approximate surface area is 152 Å². The highest BCUT2D eigenvalue weighted by atomic mass is 16.5. The summed E-state index contributed by atoms with van der Waals surface area (Å²) in [6.07, 6.45) is 7.12. The predicted octanol–water partition coefficient (Wildman–Crippen LogP) is 4.79. The lowest BCUT2D eigenvalue weighted by Gasteiger charge is -2.11. The van der Waals surface area contributed by atoms with E-state index in [1.165, 1.54) is 0 Å². The lowest BCUT2D eigenvalue weighted by atomic mass is 9.98. The Morgan fingerprint density at radius 3 is 2.46 bits per heavy atom. The molecule has 0 fully saturated rings. The molecule has 0 spiro atoms. The van der Waals surface area contributed by atoms with Crippen LogP contribution in [0.5, 0.6) is 5.75 Å². The second-order valence-corrected chi connectivity index (χ2v) is 5.55. The van der Waals surface area contributed by atoms with Crippen LogP contribution in [0.1, 0.15) is 16.7 Å². The first-order valence-corrected chi connectivity index (χ1v) is 7.97. The molecule has 0 amide bonds. The molecule has 0 aliphatic rings. The van der Waals surface area contributed by atoms with Crippen LogP contribution in [-0.4, -0.2) is 6.61 Å². The van der Waals surface area contributed by atoms with Crippen molar-refractivity contribution < 1.29 is 4.74 Å². The van der Waals surface area contributed by atoms with Gasteiger partial charge in [0, 0.05) is 5.56 Å². The van der Waals surface area contributed by atoms with Gasteiger partial charge in [0.1, 0.15) is 12.4 Å². The average Bonchev–Trinajstić information content (AvgIpc) is 2.71. The average molecular weight is 334 g/mol. The Kier molecular flexibility index (Phi) is 5.00.